The fourth-order valence-electron chi connectivity index (χ4n) is 3.77. The first-order valence-corrected chi connectivity index (χ1v) is 11.9. The van der Waals surface area contributed by atoms with Crippen LogP contribution in [0.15, 0.2) is 71.6 Å². The molecule has 0 radical (unpaired) electrons. The van der Waals surface area contributed by atoms with Gasteiger partial charge in [-0.15, -0.1) is 0 Å². The Kier molecular flexibility index (Phi) is 6.56. The fraction of sp³-hybridized carbons (Fsp3) is 0.200. The molecule has 3 aromatic carbocycles. The molecule has 0 atom stereocenters. The number of rotatable bonds is 7. The third kappa shape index (κ3) is 4.47. The smallest absolute Gasteiger partial charge is 0.342 e. The van der Waals surface area contributed by atoms with Crippen LogP contribution in [-0.2, 0) is 32.5 Å². The molecule has 1 aliphatic rings. The summed E-state index contributed by atoms with van der Waals surface area (Å²) in [4.78, 5) is 24.4. The standard InChI is InChI=1S/C25H23NO7S/c1-31-23-12-11-20(34(29,30)26-14-13-18-5-3-4-6-22(18)26)15-21(23)25(28)33-16-17-7-9-19(10-8-17)24(27)32-2/h3-12,15H,13-14,16H2,1-2H3. The fourth-order valence-corrected chi connectivity index (χ4v) is 5.30. The van der Waals surface area contributed by atoms with E-state index in [9.17, 15) is 18.0 Å². The number of carbonyl (C=O) groups is 2. The minimum absolute atomic E-state index is 0.00207. The van der Waals surface area contributed by atoms with Crippen LogP contribution in [0.3, 0.4) is 0 Å². The van der Waals surface area contributed by atoms with E-state index < -0.39 is 22.0 Å². The van der Waals surface area contributed by atoms with Gasteiger partial charge < -0.3 is 14.2 Å². The van der Waals surface area contributed by atoms with E-state index >= 15 is 0 Å². The topological polar surface area (TPSA) is 99.2 Å². The highest BCUT2D eigenvalue weighted by Gasteiger charge is 2.31. The van der Waals surface area contributed by atoms with Crippen LogP contribution in [-0.4, -0.2) is 41.1 Å². The van der Waals surface area contributed by atoms with Crippen molar-refractivity contribution in [1.82, 2.24) is 0 Å². The van der Waals surface area contributed by atoms with E-state index in [0.717, 1.165) is 5.56 Å². The molecule has 0 saturated carbocycles. The van der Waals surface area contributed by atoms with Gasteiger partial charge in [0.25, 0.3) is 10.0 Å². The summed E-state index contributed by atoms with van der Waals surface area (Å²) in [6, 6.07) is 17.9. The molecule has 0 fully saturated rings. The van der Waals surface area contributed by atoms with Gasteiger partial charge in [0.1, 0.15) is 17.9 Å². The highest BCUT2D eigenvalue weighted by atomic mass is 32.2. The summed E-state index contributed by atoms with van der Waals surface area (Å²) in [5.41, 5.74) is 2.62. The second kappa shape index (κ2) is 9.56. The van der Waals surface area contributed by atoms with Gasteiger partial charge in [-0.25, -0.2) is 18.0 Å². The number of nitrogens with zero attached hydrogens (tertiary/aromatic N) is 1. The second-order valence-electron chi connectivity index (χ2n) is 7.58. The SMILES string of the molecule is COC(=O)c1ccc(COC(=O)c2cc(S(=O)(=O)N3CCc4ccccc43)ccc2OC)cc1. The van der Waals surface area contributed by atoms with Crippen LogP contribution in [0.4, 0.5) is 5.69 Å². The van der Waals surface area contributed by atoms with Gasteiger partial charge in [-0.2, -0.15) is 0 Å². The summed E-state index contributed by atoms with van der Waals surface area (Å²) < 4.78 is 43.4. The first-order chi connectivity index (χ1) is 16.3. The van der Waals surface area contributed by atoms with Crippen LogP contribution in [0.25, 0.3) is 0 Å². The van der Waals surface area contributed by atoms with Crippen LogP contribution in [0, 0.1) is 0 Å². The number of esters is 2. The van der Waals surface area contributed by atoms with E-state index in [1.165, 1.54) is 36.7 Å². The molecule has 8 nitrogen and oxygen atoms in total. The number of hydrogen-bond acceptors (Lipinski definition) is 7. The predicted octanol–water partition coefficient (Wildman–Crippen LogP) is 3.59. The van der Waals surface area contributed by atoms with Gasteiger partial charge in [0.15, 0.2) is 0 Å². The molecule has 0 unspecified atom stereocenters. The van der Waals surface area contributed by atoms with E-state index in [0.29, 0.717) is 29.8 Å². The maximum atomic E-state index is 13.4. The molecule has 0 aromatic heterocycles. The van der Waals surface area contributed by atoms with Crippen LogP contribution in [0.1, 0.15) is 31.8 Å². The van der Waals surface area contributed by atoms with Crippen LogP contribution >= 0.6 is 0 Å². The number of fused-ring (bicyclic) bond motifs is 1. The second-order valence-corrected chi connectivity index (χ2v) is 9.44. The number of anilines is 1. The molecule has 3 aromatic rings. The lowest BCUT2D eigenvalue weighted by Gasteiger charge is -2.20. The van der Waals surface area contributed by atoms with Gasteiger partial charge in [-0.3, -0.25) is 4.31 Å². The van der Waals surface area contributed by atoms with E-state index in [1.54, 1.807) is 36.4 Å². The first-order valence-electron chi connectivity index (χ1n) is 10.5. The predicted molar refractivity (Wildman–Crippen MR) is 125 cm³/mol. The van der Waals surface area contributed by atoms with Crippen molar-refractivity contribution in [3.8, 4) is 5.75 Å². The molecule has 0 aliphatic carbocycles. The van der Waals surface area contributed by atoms with Crippen molar-refractivity contribution in [2.24, 2.45) is 0 Å². The van der Waals surface area contributed by atoms with Gasteiger partial charge in [0.2, 0.25) is 0 Å². The van der Waals surface area contributed by atoms with Gasteiger partial charge >= 0.3 is 11.9 Å². The van der Waals surface area contributed by atoms with Crippen LogP contribution in [0.5, 0.6) is 5.75 Å². The third-order valence-electron chi connectivity index (χ3n) is 5.57. The molecule has 0 amide bonds. The van der Waals surface area contributed by atoms with Crippen LogP contribution in [0.2, 0.25) is 0 Å². The summed E-state index contributed by atoms with van der Waals surface area (Å²) in [6.45, 7) is 0.259. The Labute approximate surface area is 197 Å². The van der Waals surface area contributed by atoms with E-state index in [1.807, 2.05) is 12.1 Å². The first kappa shape index (κ1) is 23.3. The molecule has 1 heterocycles. The Morgan fingerprint density at radius 3 is 2.38 bits per heavy atom. The maximum Gasteiger partial charge on any atom is 0.342 e. The van der Waals surface area contributed by atoms with Gasteiger partial charge in [0, 0.05) is 6.54 Å². The van der Waals surface area contributed by atoms with Crippen molar-refractivity contribution in [2.45, 2.75) is 17.9 Å². The summed E-state index contributed by atoms with van der Waals surface area (Å²) in [5, 5.41) is 0. The van der Waals surface area contributed by atoms with E-state index in [4.69, 9.17) is 9.47 Å². The lowest BCUT2D eigenvalue weighted by atomic mass is 10.1. The molecule has 176 valence electrons. The van der Waals surface area contributed by atoms with Crippen molar-refractivity contribution >= 4 is 27.6 Å². The highest BCUT2D eigenvalue weighted by molar-refractivity contribution is 7.92. The Bertz CT molecular complexity index is 1330. The average Bonchev–Trinajstić information content (AvgIpc) is 3.32. The van der Waals surface area contributed by atoms with Crippen molar-refractivity contribution in [3.63, 3.8) is 0 Å². The zero-order chi connectivity index (χ0) is 24.3. The Hall–Kier alpha value is -3.85. The van der Waals surface area contributed by atoms with Crippen molar-refractivity contribution in [1.29, 1.82) is 0 Å². The minimum atomic E-state index is -3.89. The number of benzene rings is 3. The zero-order valence-electron chi connectivity index (χ0n) is 18.7. The molecule has 4 rings (SSSR count). The Morgan fingerprint density at radius 2 is 1.68 bits per heavy atom. The van der Waals surface area contributed by atoms with Crippen molar-refractivity contribution in [3.05, 3.63) is 89.0 Å². The number of para-hydroxylation sites is 1. The van der Waals surface area contributed by atoms with Gasteiger partial charge in [0.05, 0.1) is 30.4 Å². The Balaban J connectivity index is 1.55. The molecule has 0 N–H and O–H groups in total. The average molecular weight is 482 g/mol. The number of methoxy groups -OCH3 is 2. The normalized spacial score (nSPS) is 12.7. The lowest BCUT2D eigenvalue weighted by Crippen LogP contribution is -2.29. The minimum Gasteiger partial charge on any atom is -0.496 e. The molecular formula is C25H23NO7S. The largest absolute Gasteiger partial charge is 0.496 e. The molecule has 34 heavy (non-hydrogen) atoms. The van der Waals surface area contributed by atoms with Crippen molar-refractivity contribution < 1.29 is 32.2 Å². The highest BCUT2D eigenvalue weighted by Crippen LogP contribution is 2.34. The van der Waals surface area contributed by atoms with E-state index in [2.05, 4.69) is 4.74 Å². The summed E-state index contributed by atoms with van der Waals surface area (Å²) >= 11 is 0. The molecule has 9 heteroatoms. The van der Waals surface area contributed by atoms with Gasteiger partial charge in [-0.1, -0.05) is 30.3 Å². The number of carbonyl (C=O) groups excluding carboxylic acids is 2. The maximum absolute atomic E-state index is 13.4. The summed E-state index contributed by atoms with van der Waals surface area (Å²) in [7, 11) is -1.20. The number of sulfonamides is 1. The molecule has 0 bridgehead atoms. The molecule has 1 aliphatic heterocycles. The Morgan fingerprint density at radius 1 is 0.941 bits per heavy atom. The molecular weight excluding hydrogens is 458 g/mol. The number of hydrogen-bond donors (Lipinski definition) is 0. The zero-order valence-corrected chi connectivity index (χ0v) is 19.5. The third-order valence-corrected chi connectivity index (χ3v) is 7.38. The lowest BCUT2D eigenvalue weighted by molar-refractivity contribution is 0.0467. The summed E-state index contributed by atoms with van der Waals surface area (Å²) in [6.07, 6.45) is 0.620. The monoisotopic (exact) mass is 481 g/mol. The van der Waals surface area contributed by atoms with E-state index in [-0.39, 0.29) is 22.8 Å². The van der Waals surface area contributed by atoms with Crippen LogP contribution < -0.4 is 9.04 Å². The van der Waals surface area contributed by atoms with Gasteiger partial charge in [-0.05, 0) is 53.9 Å². The van der Waals surface area contributed by atoms with Crippen molar-refractivity contribution in [2.75, 3.05) is 25.1 Å². The molecule has 0 spiro atoms. The number of ether oxygens (including phenoxy) is 3. The molecule has 0 saturated heterocycles. The quantitative estimate of drug-likeness (QED) is 0.476. The summed E-state index contributed by atoms with van der Waals surface area (Å²) in [5.74, 6) is -0.994.